The molecular formula is C63H102O6. The molecule has 0 saturated carbocycles. The Hall–Kier alpha value is -4.19. The van der Waals surface area contributed by atoms with Gasteiger partial charge in [0.05, 0.1) is 0 Å². The first-order chi connectivity index (χ1) is 34.0. The molecule has 390 valence electrons. The lowest BCUT2D eigenvalue weighted by Crippen LogP contribution is -2.30. The summed E-state index contributed by atoms with van der Waals surface area (Å²) in [5, 5.41) is 0. The summed E-state index contributed by atoms with van der Waals surface area (Å²) in [5.41, 5.74) is 0. The number of allylic oxidation sites excluding steroid dienone is 20. The first kappa shape index (κ1) is 64.8. The maximum atomic E-state index is 12.8. The molecule has 0 aliphatic carbocycles. The van der Waals surface area contributed by atoms with Crippen LogP contribution in [-0.4, -0.2) is 37.2 Å². The van der Waals surface area contributed by atoms with Gasteiger partial charge >= 0.3 is 17.9 Å². The second kappa shape index (κ2) is 56.4. The average molecular weight is 956 g/mol. The predicted molar refractivity (Wildman–Crippen MR) is 297 cm³/mol. The molecule has 0 N–H and O–H groups in total. The molecule has 0 heterocycles. The molecule has 0 amide bonds. The summed E-state index contributed by atoms with van der Waals surface area (Å²) in [6, 6.07) is 0. The minimum Gasteiger partial charge on any atom is -0.462 e. The lowest BCUT2D eigenvalue weighted by Gasteiger charge is -2.18. The van der Waals surface area contributed by atoms with Gasteiger partial charge in [-0.2, -0.15) is 0 Å². The van der Waals surface area contributed by atoms with Crippen molar-refractivity contribution in [3.8, 4) is 0 Å². The molecule has 0 unspecified atom stereocenters. The van der Waals surface area contributed by atoms with E-state index >= 15 is 0 Å². The van der Waals surface area contributed by atoms with Gasteiger partial charge in [0.25, 0.3) is 0 Å². The summed E-state index contributed by atoms with van der Waals surface area (Å²) in [4.78, 5) is 38.1. The van der Waals surface area contributed by atoms with Crippen LogP contribution in [0.15, 0.2) is 122 Å². The highest BCUT2D eigenvalue weighted by atomic mass is 16.6. The van der Waals surface area contributed by atoms with Gasteiger partial charge in [-0.25, -0.2) is 0 Å². The fourth-order valence-corrected chi connectivity index (χ4v) is 7.23. The fraction of sp³-hybridized carbons (Fsp3) is 0.635. The highest BCUT2D eigenvalue weighted by molar-refractivity contribution is 5.71. The van der Waals surface area contributed by atoms with Crippen LogP contribution in [0.25, 0.3) is 0 Å². The van der Waals surface area contributed by atoms with E-state index in [0.29, 0.717) is 25.7 Å². The highest BCUT2D eigenvalue weighted by Gasteiger charge is 2.19. The third-order valence-corrected chi connectivity index (χ3v) is 11.4. The molecule has 0 rings (SSSR count). The lowest BCUT2D eigenvalue weighted by molar-refractivity contribution is -0.166. The Morgan fingerprint density at radius 1 is 0.304 bits per heavy atom. The van der Waals surface area contributed by atoms with Gasteiger partial charge in [-0.15, -0.1) is 0 Å². The molecule has 0 saturated heterocycles. The molecular weight excluding hydrogens is 853 g/mol. The molecule has 6 nitrogen and oxygen atoms in total. The van der Waals surface area contributed by atoms with Crippen LogP contribution in [0.3, 0.4) is 0 Å². The topological polar surface area (TPSA) is 78.9 Å². The summed E-state index contributed by atoms with van der Waals surface area (Å²) in [5.74, 6) is -1.05. The third kappa shape index (κ3) is 54.6. The number of hydrogen-bond donors (Lipinski definition) is 0. The van der Waals surface area contributed by atoms with Crippen LogP contribution in [0.2, 0.25) is 0 Å². The van der Waals surface area contributed by atoms with Crippen molar-refractivity contribution in [2.45, 2.75) is 245 Å². The minimum absolute atomic E-state index is 0.126. The zero-order chi connectivity index (χ0) is 50.0. The van der Waals surface area contributed by atoms with E-state index in [0.717, 1.165) is 83.5 Å². The Morgan fingerprint density at radius 3 is 1.04 bits per heavy atom. The Bertz CT molecular complexity index is 1470. The van der Waals surface area contributed by atoms with Crippen LogP contribution in [-0.2, 0) is 28.6 Å². The monoisotopic (exact) mass is 955 g/mol. The van der Waals surface area contributed by atoms with Crippen molar-refractivity contribution < 1.29 is 28.6 Å². The van der Waals surface area contributed by atoms with Crippen molar-refractivity contribution in [1.29, 1.82) is 0 Å². The number of ether oxygens (including phenoxy) is 3. The average Bonchev–Trinajstić information content (AvgIpc) is 3.35. The van der Waals surface area contributed by atoms with Crippen LogP contribution in [0, 0.1) is 0 Å². The number of esters is 3. The first-order valence-corrected chi connectivity index (χ1v) is 28.0. The Balaban J connectivity index is 4.57. The summed E-state index contributed by atoms with van der Waals surface area (Å²) in [6.45, 7) is 6.38. The van der Waals surface area contributed by atoms with E-state index in [1.165, 1.54) is 103 Å². The van der Waals surface area contributed by atoms with Crippen molar-refractivity contribution in [3.05, 3.63) is 122 Å². The quantitative estimate of drug-likeness (QED) is 0.0262. The molecule has 6 heteroatoms. The van der Waals surface area contributed by atoms with Crippen molar-refractivity contribution in [3.63, 3.8) is 0 Å². The summed E-state index contributed by atoms with van der Waals surface area (Å²) < 4.78 is 16.7. The van der Waals surface area contributed by atoms with Gasteiger partial charge in [-0.05, 0) is 122 Å². The van der Waals surface area contributed by atoms with Gasteiger partial charge < -0.3 is 14.2 Å². The van der Waals surface area contributed by atoms with Crippen molar-refractivity contribution in [2.24, 2.45) is 0 Å². The number of carbonyl (C=O) groups is 3. The Labute approximate surface area is 424 Å². The van der Waals surface area contributed by atoms with E-state index in [1.54, 1.807) is 0 Å². The SMILES string of the molecule is CC/C=C\C/C=C\C/C=C\C/C=C\C/C=C\C/C=C\CCC(=O)OC[C@@H](COC(=O)CCCC/C=C\C/C=C\C/C=C\CCCCC)OC(=O)CCCCCCCCC/C=C\CCCCCCCC. The molecule has 0 aromatic rings. The standard InChI is InChI=1S/C63H102O6/c1-4-7-10-13-16-19-22-25-28-30-31-33-35-38-41-44-47-50-53-56-62(65)68-59-60(58-67-61(64)55-52-49-46-43-40-37-34-27-24-21-18-15-12-9-6-3)69-63(66)57-54-51-48-45-42-39-36-32-29-26-23-20-17-14-11-8-5-2/h7,10,16,18-19,21,25-29,31,33-34,38,40-41,43,47,50,60H,4-6,8-9,11-15,17,20,22-24,30,32,35-37,39,42,44-46,48-49,51-59H2,1-3H3/b10-7-,19-16-,21-18-,28-25-,29-26-,33-31-,34-27-,41-38-,43-40-,50-47-/t60-/m1/s1. The van der Waals surface area contributed by atoms with Crippen LogP contribution >= 0.6 is 0 Å². The molecule has 0 aromatic carbocycles. The van der Waals surface area contributed by atoms with Crippen LogP contribution in [0.5, 0.6) is 0 Å². The van der Waals surface area contributed by atoms with Crippen molar-refractivity contribution in [2.75, 3.05) is 13.2 Å². The van der Waals surface area contributed by atoms with Crippen LogP contribution in [0.1, 0.15) is 239 Å². The van der Waals surface area contributed by atoms with Crippen molar-refractivity contribution >= 4 is 17.9 Å². The zero-order valence-electron chi connectivity index (χ0n) is 44.5. The first-order valence-electron chi connectivity index (χ1n) is 28.0. The van der Waals surface area contributed by atoms with E-state index in [2.05, 4.69) is 130 Å². The normalized spacial score (nSPS) is 13.0. The van der Waals surface area contributed by atoms with E-state index < -0.39 is 6.10 Å². The third-order valence-electron chi connectivity index (χ3n) is 11.4. The molecule has 0 fully saturated rings. The summed E-state index contributed by atoms with van der Waals surface area (Å²) in [7, 11) is 0. The van der Waals surface area contributed by atoms with E-state index in [-0.39, 0.29) is 37.5 Å². The van der Waals surface area contributed by atoms with Gasteiger partial charge in [0.15, 0.2) is 6.10 Å². The zero-order valence-corrected chi connectivity index (χ0v) is 44.5. The summed E-state index contributed by atoms with van der Waals surface area (Å²) in [6.07, 6.45) is 77.7. The van der Waals surface area contributed by atoms with E-state index in [1.807, 2.05) is 12.2 Å². The maximum Gasteiger partial charge on any atom is 0.306 e. The number of carbonyl (C=O) groups excluding carboxylic acids is 3. The molecule has 1 atom stereocenters. The van der Waals surface area contributed by atoms with Crippen LogP contribution < -0.4 is 0 Å². The van der Waals surface area contributed by atoms with Gasteiger partial charge in [-0.3, -0.25) is 14.4 Å². The molecule has 0 spiro atoms. The highest BCUT2D eigenvalue weighted by Crippen LogP contribution is 2.13. The van der Waals surface area contributed by atoms with Crippen LogP contribution in [0.4, 0.5) is 0 Å². The van der Waals surface area contributed by atoms with Crippen molar-refractivity contribution in [1.82, 2.24) is 0 Å². The molecule has 0 aliphatic heterocycles. The molecule has 0 radical (unpaired) electrons. The minimum atomic E-state index is -0.830. The smallest absolute Gasteiger partial charge is 0.306 e. The number of rotatable bonds is 49. The number of hydrogen-bond acceptors (Lipinski definition) is 6. The maximum absolute atomic E-state index is 12.8. The van der Waals surface area contributed by atoms with E-state index in [9.17, 15) is 14.4 Å². The van der Waals surface area contributed by atoms with E-state index in [4.69, 9.17) is 14.2 Å². The molecule has 0 aromatic heterocycles. The molecule has 0 aliphatic rings. The van der Waals surface area contributed by atoms with Gasteiger partial charge in [0, 0.05) is 19.3 Å². The molecule has 0 bridgehead atoms. The second-order valence-corrected chi connectivity index (χ2v) is 18.1. The molecule has 69 heavy (non-hydrogen) atoms. The predicted octanol–water partition coefficient (Wildman–Crippen LogP) is 18.9. The Morgan fingerprint density at radius 2 is 0.594 bits per heavy atom. The Kier molecular flexibility index (Phi) is 53.0. The largest absolute Gasteiger partial charge is 0.462 e. The van der Waals surface area contributed by atoms with Gasteiger partial charge in [-0.1, -0.05) is 219 Å². The number of unbranched alkanes of at least 4 members (excludes halogenated alkanes) is 18. The van der Waals surface area contributed by atoms with Gasteiger partial charge in [0.2, 0.25) is 0 Å². The lowest BCUT2D eigenvalue weighted by atomic mass is 10.1. The van der Waals surface area contributed by atoms with Gasteiger partial charge in [0.1, 0.15) is 13.2 Å². The second-order valence-electron chi connectivity index (χ2n) is 18.1. The summed E-state index contributed by atoms with van der Waals surface area (Å²) >= 11 is 0. The fourth-order valence-electron chi connectivity index (χ4n) is 7.23.